The van der Waals surface area contributed by atoms with Gasteiger partial charge in [0, 0.05) is 31.1 Å². The number of aromatic nitrogens is 3. The third-order valence-corrected chi connectivity index (χ3v) is 6.26. The second-order valence-electron chi connectivity index (χ2n) is 7.31. The summed E-state index contributed by atoms with van der Waals surface area (Å²) in [5.74, 6) is 0.947. The summed E-state index contributed by atoms with van der Waals surface area (Å²) in [6, 6.07) is 3.52. The van der Waals surface area contributed by atoms with Crippen LogP contribution in [0.3, 0.4) is 0 Å². The summed E-state index contributed by atoms with van der Waals surface area (Å²) in [7, 11) is 0. The summed E-state index contributed by atoms with van der Waals surface area (Å²) in [6.45, 7) is 8.38. The van der Waals surface area contributed by atoms with Crippen molar-refractivity contribution in [1.29, 1.82) is 0 Å². The Morgan fingerprint density at radius 3 is 2.80 bits per heavy atom. The molecule has 0 atom stereocenters. The van der Waals surface area contributed by atoms with Gasteiger partial charge in [0.05, 0.1) is 19.0 Å². The largest absolute Gasteiger partial charge is 0.378 e. The molecule has 0 aliphatic carbocycles. The fourth-order valence-corrected chi connectivity index (χ4v) is 4.45. The summed E-state index contributed by atoms with van der Waals surface area (Å²) >= 11 is 2.93. The molecule has 2 aromatic rings. The standard InChI is InChI=1S/C19H28N6O3S2/c1-14(2)12-25-18(24-7-9-28-10-8-24)22-23-19(25)30-13-16(26)21-17(27)20-6-5-15-4-3-11-29-15/h3-4,11,14H,5-10,12-13H2,1-2H3,(H2,20,21,26,27). The maximum atomic E-state index is 12.2. The lowest BCUT2D eigenvalue weighted by Crippen LogP contribution is -2.41. The summed E-state index contributed by atoms with van der Waals surface area (Å²) in [5.41, 5.74) is 0. The Labute approximate surface area is 184 Å². The van der Waals surface area contributed by atoms with Crippen LogP contribution in [0.1, 0.15) is 18.7 Å². The Morgan fingerprint density at radius 2 is 2.10 bits per heavy atom. The van der Waals surface area contributed by atoms with Crippen molar-refractivity contribution in [3.05, 3.63) is 22.4 Å². The van der Waals surface area contributed by atoms with E-state index in [0.29, 0.717) is 30.8 Å². The maximum Gasteiger partial charge on any atom is 0.321 e. The summed E-state index contributed by atoms with van der Waals surface area (Å²) < 4.78 is 7.47. The van der Waals surface area contributed by atoms with Gasteiger partial charge in [-0.15, -0.1) is 21.5 Å². The van der Waals surface area contributed by atoms with E-state index in [0.717, 1.165) is 32.0 Å². The molecule has 0 unspecified atom stereocenters. The third kappa shape index (κ3) is 6.71. The van der Waals surface area contributed by atoms with Crippen molar-refractivity contribution < 1.29 is 14.3 Å². The van der Waals surface area contributed by atoms with Crippen LogP contribution < -0.4 is 15.5 Å². The number of thiophene rings is 1. The molecule has 0 aromatic carbocycles. The first-order chi connectivity index (χ1) is 14.5. The highest BCUT2D eigenvalue weighted by atomic mass is 32.2. The Balaban J connectivity index is 1.49. The van der Waals surface area contributed by atoms with Crippen molar-refractivity contribution in [2.75, 3.05) is 43.5 Å². The van der Waals surface area contributed by atoms with Gasteiger partial charge in [-0.05, 0) is 23.8 Å². The number of carbonyl (C=O) groups excluding carboxylic acids is 2. The number of hydrogen-bond donors (Lipinski definition) is 2. The molecule has 0 spiro atoms. The van der Waals surface area contributed by atoms with Crippen molar-refractivity contribution in [2.45, 2.75) is 32.0 Å². The molecular formula is C19H28N6O3S2. The minimum absolute atomic E-state index is 0.0949. The number of nitrogens with zero attached hydrogens (tertiary/aromatic N) is 4. The number of urea groups is 1. The van der Waals surface area contributed by atoms with Gasteiger partial charge < -0.3 is 15.0 Å². The number of ether oxygens (including phenoxy) is 1. The highest BCUT2D eigenvalue weighted by Gasteiger charge is 2.22. The number of thioether (sulfide) groups is 1. The van der Waals surface area contributed by atoms with Crippen LogP contribution in [0, 0.1) is 5.92 Å². The van der Waals surface area contributed by atoms with Gasteiger partial charge in [0.1, 0.15) is 0 Å². The molecule has 0 saturated carbocycles. The molecule has 0 radical (unpaired) electrons. The van der Waals surface area contributed by atoms with E-state index in [1.54, 1.807) is 11.3 Å². The van der Waals surface area contributed by atoms with Gasteiger partial charge in [0.15, 0.2) is 5.16 Å². The molecule has 0 bridgehead atoms. The molecule has 1 aliphatic rings. The lowest BCUT2D eigenvalue weighted by atomic mass is 10.2. The molecule has 3 heterocycles. The minimum Gasteiger partial charge on any atom is -0.378 e. The number of imide groups is 1. The molecule has 3 rings (SSSR count). The first kappa shape index (κ1) is 22.6. The highest BCUT2D eigenvalue weighted by Crippen LogP contribution is 2.24. The van der Waals surface area contributed by atoms with Crippen molar-refractivity contribution in [1.82, 2.24) is 25.4 Å². The predicted octanol–water partition coefficient (Wildman–Crippen LogP) is 1.99. The van der Waals surface area contributed by atoms with E-state index >= 15 is 0 Å². The van der Waals surface area contributed by atoms with Gasteiger partial charge in [-0.3, -0.25) is 14.7 Å². The van der Waals surface area contributed by atoms with E-state index in [4.69, 9.17) is 4.74 Å². The molecule has 2 N–H and O–H groups in total. The molecule has 30 heavy (non-hydrogen) atoms. The van der Waals surface area contributed by atoms with Crippen LogP contribution in [-0.2, 0) is 22.5 Å². The molecule has 3 amide bonds. The summed E-state index contributed by atoms with van der Waals surface area (Å²) in [6.07, 6.45) is 0.747. The van der Waals surface area contributed by atoms with E-state index in [9.17, 15) is 9.59 Å². The van der Waals surface area contributed by atoms with Crippen LogP contribution in [0.15, 0.2) is 22.7 Å². The maximum absolute atomic E-state index is 12.2. The second-order valence-corrected chi connectivity index (χ2v) is 9.28. The average Bonchev–Trinajstić information content (AvgIpc) is 3.37. The van der Waals surface area contributed by atoms with Gasteiger partial charge in [0.25, 0.3) is 0 Å². The molecule has 1 saturated heterocycles. The topological polar surface area (TPSA) is 101 Å². The highest BCUT2D eigenvalue weighted by molar-refractivity contribution is 7.99. The Morgan fingerprint density at radius 1 is 1.30 bits per heavy atom. The SMILES string of the molecule is CC(C)Cn1c(SCC(=O)NC(=O)NCCc2cccs2)nnc1N1CCOCC1. The number of nitrogens with one attached hydrogen (secondary N) is 2. The Kier molecular flexibility index (Phi) is 8.52. The van der Waals surface area contributed by atoms with Crippen LogP contribution >= 0.6 is 23.1 Å². The van der Waals surface area contributed by atoms with E-state index < -0.39 is 6.03 Å². The average molecular weight is 453 g/mol. The van der Waals surface area contributed by atoms with E-state index in [1.165, 1.54) is 16.6 Å². The van der Waals surface area contributed by atoms with Gasteiger partial charge in [-0.2, -0.15) is 0 Å². The Hall–Kier alpha value is -2.11. The van der Waals surface area contributed by atoms with Gasteiger partial charge >= 0.3 is 6.03 Å². The monoisotopic (exact) mass is 452 g/mol. The van der Waals surface area contributed by atoms with Crippen LogP contribution in [-0.4, -0.2) is 65.3 Å². The van der Waals surface area contributed by atoms with E-state index in [2.05, 4.69) is 44.1 Å². The number of hydrogen-bond acceptors (Lipinski definition) is 8. The van der Waals surface area contributed by atoms with Crippen LogP contribution in [0.25, 0.3) is 0 Å². The van der Waals surface area contributed by atoms with Crippen molar-refractivity contribution in [3.63, 3.8) is 0 Å². The van der Waals surface area contributed by atoms with Crippen molar-refractivity contribution >= 4 is 41.0 Å². The Bertz CT molecular complexity index is 818. The molecule has 9 nitrogen and oxygen atoms in total. The van der Waals surface area contributed by atoms with E-state index in [1.807, 2.05) is 17.5 Å². The number of amides is 3. The number of rotatable bonds is 9. The molecule has 11 heteroatoms. The molecule has 1 fully saturated rings. The van der Waals surface area contributed by atoms with Gasteiger partial charge in [-0.25, -0.2) is 4.79 Å². The lowest BCUT2D eigenvalue weighted by molar-refractivity contribution is -0.117. The zero-order valence-corrected chi connectivity index (χ0v) is 18.9. The first-order valence-corrected chi connectivity index (χ1v) is 11.9. The normalized spacial score (nSPS) is 14.2. The lowest BCUT2D eigenvalue weighted by Gasteiger charge is -2.28. The fraction of sp³-hybridized carbons (Fsp3) is 0.579. The predicted molar refractivity (Wildman–Crippen MR) is 118 cm³/mol. The molecular weight excluding hydrogens is 424 g/mol. The first-order valence-electron chi connectivity index (χ1n) is 10.0. The van der Waals surface area contributed by atoms with Crippen molar-refractivity contribution in [3.8, 4) is 0 Å². The van der Waals surface area contributed by atoms with Crippen LogP contribution in [0.5, 0.6) is 0 Å². The number of carbonyl (C=O) groups is 2. The van der Waals surface area contributed by atoms with Crippen molar-refractivity contribution in [2.24, 2.45) is 5.92 Å². The molecule has 164 valence electrons. The summed E-state index contributed by atoms with van der Waals surface area (Å²) in [4.78, 5) is 27.5. The summed E-state index contributed by atoms with van der Waals surface area (Å²) in [5, 5.41) is 16.4. The van der Waals surface area contributed by atoms with Gasteiger partial charge in [0.2, 0.25) is 11.9 Å². The van der Waals surface area contributed by atoms with Gasteiger partial charge in [-0.1, -0.05) is 31.7 Å². The zero-order chi connectivity index (χ0) is 21.3. The fourth-order valence-electron chi connectivity index (χ4n) is 3.00. The van der Waals surface area contributed by atoms with E-state index in [-0.39, 0.29) is 11.7 Å². The molecule has 1 aliphatic heterocycles. The molecule has 2 aromatic heterocycles. The number of anilines is 1. The smallest absolute Gasteiger partial charge is 0.321 e. The quantitative estimate of drug-likeness (QED) is 0.561. The second kappa shape index (κ2) is 11.3. The van der Waals surface area contributed by atoms with Crippen LogP contribution in [0.4, 0.5) is 10.7 Å². The minimum atomic E-state index is -0.477. The zero-order valence-electron chi connectivity index (χ0n) is 17.3. The number of morpholine rings is 1. The van der Waals surface area contributed by atoms with Crippen LogP contribution in [0.2, 0.25) is 0 Å². The third-order valence-electron chi connectivity index (χ3n) is 4.36.